The monoisotopic (exact) mass is 459 g/mol. The lowest BCUT2D eigenvalue weighted by Gasteiger charge is -2.35. The van der Waals surface area contributed by atoms with Crippen LogP contribution in [0, 0.1) is 6.92 Å². The lowest BCUT2D eigenvalue weighted by molar-refractivity contribution is 0.0694. The average Bonchev–Trinajstić information content (AvgIpc) is 2.96. The van der Waals surface area contributed by atoms with Crippen LogP contribution in [-0.2, 0) is 16.8 Å². The van der Waals surface area contributed by atoms with Gasteiger partial charge in [0.25, 0.3) is 16.1 Å². The Morgan fingerprint density at radius 1 is 1.14 bits per heavy atom. The summed E-state index contributed by atoms with van der Waals surface area (Å²) < 4.78 is 28.6. The van der Waals surface area contributed by atoms with Crippen LogP contribution in [0.4, 0.5) is 0 Å². The van der Waals surface area contributed by atoms with E-state index in [0.717, 1.165) is 5.56 Å². The van der Waals surface area contributed by atoms with Gasteiger partial charge in [-0.1, -0.05) is 41.4 Å². The molecule has 2 heterocycles. The van der Waals surface area contributed by atoms with E-state index in [4.69, 9.17) is 23.2 Å². The van der Waals surface area contributed by atoms with Crippen LogP contribution in [0.3, 0.4) is 0 Å². The molecule has 1 aromatic carbocycles. The van der Waals surface area contributed by atoms with E-state index in [9.17, 15) is 13.2 Å². The minimum absolute atomic E-state index is 0.233. The number of amides is 1. The first-order chi connectivity index (χ1) is 13.6. The second-order valence-corrected chi connectivity index (χ2v) is 9.89. The summed E-state index contributed by atoms with van der Waals surface area (Å²) in [6.07, 6.45) is 0. The fourth-order valence-corrected chi connectivity index (χ4v) is 4.80. The molecular weight excluding hydrogens is 437 g/mol. The van der Waals surface area contributed by atoms with Gasteiger partial charge in [0.1, 0.15) is 5.15 Å². The summed E-state index contributed by atoms with van der Waals surface area (Å²) in [5.74, 6) is -0.250. The van der Waals surface area contributed by atoms with Gasteiger partial charge in [0, 0.05) is 45.3 Å². The van der Waals surface area contributed by atoms with Crippen LogP contribution in [0.2, 0.25) is 10.2 Å². The zero-order valence-corrected chi connectivity index (χ0v) is 18.8. The third-order valence-corrected chi connectivity index (χ3v) is 7.56. The van der Waals surface area contributed by atoms with Gasteiger partial charge in [-0.05, 0) is 18.6 Å². The van der Waals surface area contributed by atoms with Gasteiger partial charge in [-0.3, -0.25) is 4.79 Å². The first kappa shape index (κ1) is 22.0. The molecule has 2 aromatic rings. The lowest BCUT2D eigenvalue weighted by Crippen LogP contribution is -2.53. The van der Waals surface area contributed by atoms with Gasteiger partial charge < -0.3 is 4.90 Å². The van der Waals surface area contributed by atoms with Crippen LogP contribution in [0.5, 0.6) is 0 Å². The Bertz CT molecular complexity index is 1010. The molecule has 0 N–H and O–H groups in total. The number of nitrogens with zero attached hydrogens (tertiary/aromatic N) is 5. The van der Waals surface area contributed by atoms with Gasteiger partial charge in [-0.25, -0.2) is 4.68 Å². The SMILES string of the molecule is Cc1nn(Cc2ccccc2Cl)c(Cl)c1C(=O)N1CCN(S(=O)(=O)N(C)C)CC1. The molecule has 1 aliphatic rings. The molecule has 11 heteroatoms. The molecule has 0 saturated carbocycles. The van der Waals surface area contributed by atoms with Gasteiger partial charge in [-0.2, -0.15) is 22.1 Å². The molecule has 1 fully saturated rings. The third kappa shape index (κ3) is 4.44. The number of aryl methyl sites for hydroxylation is 1. The molecule has 1 saturated heterocycles. The van der Waals surface area contributed by atoms with Crippen molar-refractivity contribution in [3.8, 4) is 0 Å². The van der Waals surface area contributed by atoms with Gasteiger partial charge >= 0.3 is 0 Å². The summed E-state index contributed by atoms with van der Waals surface area (Å²) in [7, 11) is -0.512. The van der Waals surface area contributed by atoms with Crippen molar-refractivity contribution in [2.75, 3.05) is 40.3 Å². The van der Waals surface area contributed by atoms with Gasteiger partial charge in [-0.15, -0.1) is 0 Å². The Balaban J connectivity index is 1.76. The van der Waals surface area contributed by atoms with Crippen molar-refractivity contribution in [1.82, 2.24) is 23.3 Å². The third-order valence-electron chi connectivity index (χ3n) is 4.87. The molecule has 0 aliphatic carbocycles. The van der Waals surface area contributed by atoms with Crippen molar-refractivity contribution in [1.29, 1.82) is 0 Å². The Labute approximate surface area is 180 Å². The standard InChI is InChI=1S/C18H23Cl2N5O3S/c1-13-16(17(20)25(21-13)12-14-6-4-5-7-15(14)19)18(26)23-8-10-24(11-9-23)29(27,28)22(2)3/h4-7H,8-12H2,1-3H3. The Morgan fingerprint density at radius 2 is 1.76 bits per heavy atom. The minimum Gasteiger partial charge on any atom is -0.336 e. The first-order valence-electron chi connectivity index (χ1n) is 9.06. The number of halogens is 2. The zero-order chi connectivity index (χ0) is 21.3. The van der Waals surface area contributed by atoms with E-state index in [1.165, 1.54) is 22.7 Å². The van der Waals surface area contributed by atoms with Gasteiger partial charge in [0.2, 0.25) is 0 Å². The fourth-order valence-electron chi connectivity index (χ4n) is 3.20. The number of aromatic nitrogens is 2. The van der Waals surface area contributed by atoms with Crippen LogP contribution in [-0.4, -0.2) is 77.9 Å². The van der Waals surface area contributed by atoms with Crippen molar-refractivity contribution in [3.63, 3.8) is 0 Å². The number of carbonyl (C=O) groups excluding carboxylic acids is 1. The van der Waals surface area contributed by atoms with Crippen LogP contribution >= 0.6 is 23.2 Å². The summed E-state index contributed by atoms with van der Waals surface area (Å²) in [6, 6.07) is 7.38. The number of piperazine rings is 1. The molecule has 158 valence electrons. The second kappa shape index (κ2) is 8.61. The number of benzene rings is 1. The second-order valence-electron chi connectivity index (χ2n) is 6.98. The molecular formula is C18H23Cl2N5O3S. The van der Waals surface area contributed by atoms with Gasteiger partial charge in [0.05, 0.1) is 17.8 Å². The highest BCUT2D eigenvalue weighted by atomic mass is 35.5. The largest absolute Gasteiger partial charge is 0.336 e. The molecule has 0 bridgehead atoms. The minimum atomic E-state index is -3.49. The summed E-state index contributed by atoms with van der Waals surface area (Å²) in [6.45, 7) is 3.12. The molecule has 1 aliphatic heterocycles. The highest BCUT2D eigenvalue weighted by Crippen LogP contribution is 2.25. The van der Waals surface area contributed by atoms with E-state index in [1.54, 1.807) is 22.6 Å². The van der Waals surface area contributed by atoms with Crippen LogP contribution in [0.15, 0.2) is 24.3 Å². The number of carbonyl (C=O) groups is 1. The molecule has 1 aromatic heterocycles. The van der Waals surface area contributed by atoms with Gasteiger partial charge in [0.15, 0.2) is 0 Å². The summed E-state index contributed by atoms with van der Waals surface area (Å²) in [4.78, 5) is 14.7. The predicted octanol–water partition coefficient (Wildman–Crippen LogP) is 2.11. The molecule has 29 heavy (non-hydrogen) atoms. The number of hydrogen-bond donors (Lipinski definition) is 0. The molecule has 0 unspecified atom stereocenters. The maximum Gasteiger partial charge on any atom is 0.281 e. The van der Waals surface area contributed by atoms with E-state index in [1.807, 2.05) is 18.2 Å². The summed E-state index contributed by atoms with van der Waals surface area (Å²) in [5, 5.41) is 5.25. The van der Waals surface area contributed by atoms with Crippen molar-refractivity contribution in [3.05, 3.63) is 51.3 Å². The molecule has 0 spiro atoms. The van der Waals surface area contributed by atoms with Crippen molar-refractivity contribution >= 4 is 39.3 Å². The number of rotatable bonds is 5. The summed E-state index contributed by atoms with van der Waals surface area (Å²) >= 11 is 12.7. The van der Waals surface area contributed by atoms with E-state index in [0.29, 0.717) is 22.8 Å². The van der Waals surface area contributed by atoms with Crippen LogP contribution < -0.4 is 0 Å². The van der Waals surface area contributed by atoms with Crippen LogP contribution in [0.25, 0.3) is 0 Å². The van der Waals surface area contributed by atoms with Crippen molar-refractivity contribution < 1.29 is 13.2 Å². The molecule has 0 atom stereocenters. The normalized spacial score (nSPS) is 15.9. The summed E-state index contributed by atoms with van der Waals surface area (Å²) in [5.41, 5.74) is 1.71. The van der Waals surface area contributed by atoms with E-state index in [-0.39, 0.29) is 37.2 Å². The average molecular weight is 460 g/mol. The predicted molar refractivity (Wildman–Crippen MR) is 113 cm³/mol. The highest BCUT2D eigenvalue weighted by molar-refractivity contribution is 7.86. The van der Waals surface area contributed by atoms with Crippen LogP contribution in [0.1, 0.15) is 21.6 Å². The van der Waals surface area contributed by atoms with E-state index >= 15 is 0 Å². The first-order valence-corrected chi connectivity index (χ1v) is 11.2. The molecule has 1 amide bonds. The maximum atomic E-state index is 13.0. The van der Waals surface area contributed by atoms with Crippen molar-refractivity contribution in [2.45, 2.75) is 13.5 Å². The highest BCUT2D eigenvalue weighted by Gasteiger charge is 2.32. The Kier molecular flexibility index (Phi) is 6.54. The molecule has 0 radical (unpaired) electrons. The topological polar surface area (TPSA) is 78.8 Å². The van der Waals surface area contributed by atoms with E-state index < -0.39 is 10.2 Å². The number of hydrogen-bond acceptors (Lipinski definition) is 4. The Hall–Kier alpha value is -1.65. The van der Waals surface area contributed by atoms with E-state index in [2.05, 4.69) is 5.10 Å². The maximum absolute atomic E-state index is 13.0. The molecule has 3 rings (SSSR count). The van der Waals surface area contributed by atoms with Crippen molar-refractivity contribution in [2.24, 2.45) is 0 Å². The zero-order valence-electron chi connectivity index (χ0n) is 16.5. The quantitative estimate of drug-likeness (QED) is 0.685. The Morgan fingerprint density at radius 3 is 2.34 bits per heavy atom. The smallest absolute Gasteiger partial charge is 0.281 e. The lowest BCUT2D eigenvalue weighted by atomic mass is 10.2. The fraction of sp³-hybridized carbons (Fsp3) is 0.444. The molecule has 8 nitrogen and oxygen atoms in total.